The Hall–Kier alpha value is -1.29. The lowest BCUT2D eigenvalue weighted by Crippen LogP contribution is -2.42. The van der Waals surface area contributed by atoms with Gasteiger partial charge in [-0.25, -0.2) is 0 Å². The molecule has 1 aromatic heterocycles. The zero-order valence-electron chi connectivity index (χ0n) is 10.3. The van der Waals surface area contributed by atoms with Crippen LogP contribution in [0.25, 0.3) is 0 Å². The molecule has 0 fully saturated rings. The van der Waals surface area contributed by atoms with Gasteiger partial charge < -0.3 is 15.2 Å². The first kappa shape index (κ1) is 12.8. The van der Waals surface area contributed by atoms with Gasteiger partial charge in [0.25, 0.3) is 0 Å². The van der Waals surface area contributed by atoms with Crippen LogP contribution in [0.4, 0.5) is 0 Å². The normalized spacial score (nSPS) is 12.4. The molecular formula is C12H21N3O. The molecular weight excluding hydrogens is 202 g/mol. The van der Waals surface area contributed by atoms with E-state index in [0.717, 1.165) is 13.0 Å². The van der Waals surface area contributed by atoms with Gasteiger partial charge in [0.2, 0.25) is 5.91 Å². The quantitative estimate of drug-likeness (QED) is 0.756. The third kappa shape index (κ3) is 3.70. The van der Waals surface area contributed by atoms with Crippen molar-refractivity contribution in [2.45, 2.75) is 32.9 Å². The van der Waals surface area contributed by atoms with Gasteiger partial charge in [-0.15, -0.1) is 0 Å². The second-order valence-electron chi connectivity index (χ2n) is 4.00. The van der Waals surface area contributed by atoms with Crippen molar-refractivity contribution in [2.75, 3.05) is 6.54 Å². The number of nitrogens with one attached hydrogen (secondary N) is 2. The number of aryl methyl sites for hydroxylation is 1. The average molecular weight is 223 g/mol. The molecule has 16 heavy (non-hydrogen) atoms. The predicted octanol–water partition coefficient (Wildman–Crippen LogP) is 1.03. The number of carbonyl (C=O) groups excluding carboxylic acids is 1. The minimum Gasteiger partial charge on any atom is -0.355 e. The van der Waals surface area contributed by atoms with Crippen molar-refractivity contribution >= 4 is 5.91 Å². The van der Waals surface area contributed by atoms with Gasteiger partial charge in [0, 0.05) is 32.0 Å². The van der Waals surface area contributed by atoms with E-state index < -0.39 is 0 Å². The van der Waals surface area contributed by atoms with Crippen LogP contribution in [0.3, 0.4) is 0 Å². The van der Waals surface area contributed by atoms with Crippen LogP contribution in [0.1, 0.15) is 26.0 Å². The van der Waals surface area contributed by atoms with Gasteiger partial charge in [-0.05, 0) is 25.5 Å². The van der Waals surface area contributed by atoms with Crippen molar-refractivity contribution in [3.05, 3.63) is 24.0 Å². The second-order valence-corrected chi connectivity index (χ2v) is 4.00. The van der Waals surface area contributed by atoms with Crippen LogP contribution in [-0.2, 0) is 18.4 Å². The highest BCUT2D eigenvalue weighted by Crippen LogP contribution is 1.99. The molecule has 0 saturated heterocycles. The summed E-state index contributed by atoms with van der Waals surface area (Å²) < 4.78 is 2.05. The SMILES string of the molecule is CCCNC(=O)C(C)NCc1cccn1C. The molecule has 0 radical (unpaired) electrons. The molecule has 0 aliphatic heterocycles. The number of aromatic nitrogens is 1. The molecule has 2 N–H and O–H groups in total. The Kier molecular flexibility index (Phi) is 5.05. The van der Waals surface area contributed by atoms with Gasteiger partial charge in [-0.3, -0.25) is 4.79 Å². The van der Waals surface area contributed by atoms with Crippen LogP contribution < -0.4 is 10.6 Å². The number of amides is 1. The summed E-state index contributed by atoms with van der Waals surface area (Å²) in [7, 11) is 2.00. The minimum absolute atomic E-state index is 0.0658. The van der Waals surface area contributed by atoms with Crippen LogP contribution in [0, 0.1) is 0 Å². The molecule has 0 spiro atoms. The zero-order chi connectivity index (χ0) is 12.0. The minimum atomic E-state index is -0.151. The molecule has 4 heteroatoms. The molecule has 1 heterocycles. The average Bonchev–Trinajstić information content (AvgIpc) is 2.68. The molecule has 0 aliphatic carbocycles. The van der Waals surface area contributed by atoms with Crippen LogP contribution in [0.15, 0.2) is 18.3 Å². The molecule has 1 amide bonds. The van der Waals surface area contributed by atoms with Crippen LogP contribution in [-0.4, -0.2) is 23.1 Å². The fraction of sp³-hybridized carbons (Fsp3) is 0.583. The Bertz CT molecular complexity index is 333. The van der Waals surface area contributed by atoms with Crippen molar-refractivity contribution < 1.29 is 4.79 Å². The number of carbonyl (C=O) groups is 1. The Balaban J connectivity index is 2.32. The summed E-state index contributed by atoms with van der Waals surface area (Å²) in [5.74, 6) is 0.0658. The lowest BCUT2D eigenvalue weighted by Gasteiger charge is -2.14. The third-order valence-corrected chi connectivity index (χ3v) is 2.58. The summed E-state index contributed by atoms with van der Waals surface area (Å²) in [6.07, 6.45) is 2.97. The standard InChI is InChI=1S/C12H21N3O/c1-4-7-13-12(16)10(2)14-9-11-6-5-8-15(11)3/h5-6,8,10,14H,4,7,9H2,1-3H3,(H,13,16). The highest BCUT2D eigenvalue weighted by molar-refractivity contribution is 5.81. The maximum atomic E-state index is 11.6. The summed E-state index contributed by atoms with van der Waals surface area (Å²) in [4.78, 5) is 11.6. The van der Waals surface area contributed by atoms with E-state index in [1.807, 2.05) is 43.8 Å². The van der Waals surface area contributed by atoms with Crippen molar-refractivity contribution in [3.8, 4) is 0 Å². The summed E-state index contributed by atoms with van der Waals surface area (Å²) >= 11 is 0. The van der Waals surface area contributed by atoms with E-state index in [0.29, 0.717) is 6.54 Å². The van der Waals surface area contributed by atoms with E-state index in [-0.39, 0.29) is 11.9 Å². The predicted molar refractivity (Wildman–Crippen MR) is 65.0 cm³/mol. The van der Waals surface area contributed by atoms with Crippen LogP contribution in [0.2, 0.25) is 0 Å². The van der Waals surface area contributed by atoms with E-state index >= 15 is 0 Å². The van der Waals surface area contributed by atoms with Gasteiger partial charge in [-0.2, -0.15) is 0 Å². The molecule has 0 saturated carbocycles. The number of hydrogen-bond donors (Lipinski definition) is 2. The van der Waals surface area contributed by atoms with E-state index in [4.69, 9.17) is 0 Å². The fourth-order valence-electron chi connectivity index (χ4n) is 1.43. The monoisotopic (exact) mass is 223 g/mol. The molecule has 1 aromatic rings. The van der Waals surface area contributed by atoms with E-state index in [1.165, 1.54) is 5.69 Å². The maximum absolute atomic E-state index is 11.6. The van der Waals surface area contributed by atoms with Gasteiger partial charge >= 0.3 is 0 Å². The van der Waals surface area contributed by atoms with Crippen molar-refractivity contribution in [1.29, 1.82) is 0 Å². The molecule has 1 unspecified atom stereocenters. The zero-order valence-corrected chi connectivity index (χ0v) is 10.3. The Morgan fingerprint density at radius 1 is 1.56 bits per heavy atom. The van der Waals surface area contributed by atoms with Crippen LogP contribution >= 0.6 is 0 Å². The molecule has 1 atom stereocenters. The Morgan fingerprint density at radius 2 is 2.31 bits per heavy atom. The molecule has 4 nitrogen and oxygen atoms in total. The van der Waals surface area contributed by atoms with Crippen molar-refractivity contribution in [2.24, 2.45) is 7.05 Å². The van der Waals surface area contributed by atoms with E-state index in [9.17, 15) is 4.79 Å². The fourth-order valence-corrected chi connectivity index (χ4v) is 1.43. The van der Waals surface area contributed by atoms with E-state index in [2.05, 4.69) is 10.6 Å². The molecule has 0 aliphatic rings. The van der Waals surface area contributed by atoms with Crippen molar-refractivity contribution in [1.82, 2.24) is 15.2 Å². The highest BCUT2D eigenvalue weighted by atomic mass is 16.2. The third-order valence-electron chi connectivity index (χ3n) is 2.58. The molecule has 0 aromatic carbocycles. The Labute approximate surface area is 97.0 Å². The molecule has 1 rings (SSSR count). The summed E-state index contributed by atoms with van der Waals surface area (Å²) in [6.45, 7) is 5.38. The summed E-state index contributed by atoms with van der Waals surface area (Å²) in [5.41, 5.74) is 1.18. The van der Waals surface area contributed by atoms with Gasteiger partial charge in [-0.1, -0.05) is 6.92 Å². The highest BCUT2D eigenvalue weighted by Gasteiger charge is 2.11. The lowest BCUT2D eigenvalue weighted by molar-refractivity contribution is -0.122. The lowest BCUT2D eigenvalue weighted by atomic mass is 10.3. The smallest absolute Gasteiger partial charge is 0.236 e. The number of rotatable bonds is 6. The first-order valence-corrected chi connectivity index (χ1v) is 5.76. The first-order valence-electron chi connectivity index (χ1n) is 5.76. The van der Waals surface area contributed by atoms with Crippen molar-refractivity contribution in [3.63, 3.8) is 0 Å². The summed E-state index contributed by atoms with van der Waals surface area (Å²) in [5, 5.41) is 6.07. The topological polar surface area (TPSA) is 46.1 Å². The number of nitrogens with zero attached hydrogens (tertiary/aromatic N) is 1. The Morgan fingerprint density at radius 3 is 2.88 bits per heavy atom. The molecule has 90 valence electrons. The van der Waals surface area contributed by atoms with Gasteiger partial charge in [0.15, 0.2) is 0 Å². The van der Waals surface area contributed by atoms with Gasteiger partial charge in [0.1, 0.15) is 0 Å². The van der Waals surface area contributed by atoms with E-state index in [1.54, 1.807) is 0 Å². The summed E-state index contributed by atoms with van der Waals surface area (Å²) in [6, 6.07) is 3.89. The molecule has 0 bridgehead atoms. The second kappa shape index (κ2) is 6.33. The largest absolute Gasteiger partial charge is 0.355 e. The van der Waals surface area contributed by atoms with Crippen LogP contribution in [0.5, 0.6) is 0 Å². The maximum Gasteiger partial charge on any atom is 0.236 e. The number of hydrogen-bond acceptors (Lipinski definition) is 2. The first-order chi connectivity index (χ1) is 7.65. The van der Waals surface area contributed by atoms with Gasteiger partial charge in [0.05, 0.1) is 6.04 Å².